The van der Waals surface area contributed by atoms with Gasteiger partial charge in [0.15, 0.2) is 17.8 Å². The number of fused-ring (bicyclic) bond motifs is 1. The van der Waals surface area contributed by atoms with E-state index in [0.717, 1.165) is 42.9 Å². The summed E-state index contributed by atoms with van der Waals surface area (Å²) in [6, 6.07) is 6.01. The second-order valence-corrected chi connectivity index (χ2v) is 7.11. The van der Waals surface area contributed by atoms with Crippen molar-refractivity contribution in [3.05, 3.63) is 23.8 Å². The zero-order valence-corrected chi connectivity index (χ0v) is 15.6. The molecule has 3 aliphatic heterocycles. The molecule has 2 fully saturated rings. The Kier molecular flexibility index (Phi) is 5.80. The molecule has 27 heavy (non-hydrogen) atoms. The molecule has 1 aromatic carbocycles. The molecule has 4 rings (SSSR count). The highest BCUT2D eigenvalue weighted by Gasteiger charge is 2.42. The summed E-state index contributed by atoms with van der Waals surface area (Å²) in [5.74, 6) is 1.21. The Bertz CT molecular complexity index is 660. The smallest absolute Gasteiger partial charge is 0.311 e. The van der Waals surface area contributed by atoms with Gasteiger partial charge in [-0.25, -0.2) is 0 Å². The van der Waals surface area contributed by atoms with E-state index in [4.69, 9.17) is 23.7 Å². The number of benzene rings is 1. The summed E-state index contributed by atoms with van der Waals surface area (Å²) in [6.45, 7) is 4.56. The summed E-state index contributed by atoms with van der Waals surface area (Å²) in [5, 5.41) is 3.53. The minimum atomic E-state index is -0.212. The molecule has 2 saturated heterocycles. The Morgan fingerprint density at radius 3 is 2.81 bits per heavy atom. The minimum Gasteiger partial charge on any atom is -0.466 e. The van der Waals surface area contributed by atoms with E-state index in [1.807, 2.05) is 25.1 Å². The predicted octanol–water partition coefficient (Wildman–Crippen LogP) is 2.19. The van der Waals surface area contributed by atoms with Gasteiger partial charge in [0.2, 0.25) is 6.79 Å². The summed E-state index contributed by atoms with van der Waals surface area (Å²) in [4.78, 5) is 12.7. The SMILES string of the molecule is CCOC(=O)[C@H]1[C@H](CCCC2OCCO2)NC[C@@H]1c1ccc2c(c1)OCO2. The van der Waals surface area contributed by atoms with Crippen molar-refractivity contribution >= 4 is 5.97 Å². The molecule has 3 aliphatic rings. The van der Waals surface area contributed by atoms with Crippen molar-refractivity contribution in [2.45, 2.75) is 44.4 Å². The van der Waals surface area contributed by atoms with Gasteiger partial charge in [-0.2, -0.15) is 0 Å². The van der Waals surface area contributed by atoms with Crippen molar-refractivity contribution in [1.29, 1.82) is 0 Å². The lowest BCUT2D eigenvalue weighted by atomic mass is 9.83. The van der Waals surface area contributed by atoms with Crippen LogP contribution in [-0.2, 0) is 19.0 Å². The van der Waals surface area contributed by atoms with Crippen molar-refractivity contribution in [1.82, 2.24) is 5.32 Å². The van der Waals surface area contributed by atoms with Gasteiger partial charge >= 0.3 is 5.97 Å². The normalized spacial score (nSPS) is 27.2. The minimum absolute atomic E-state index is 0.0579. The van der Waals surface area contributed by atoms with Gasteiger partial charge in [-0.3, -0.25) is 4.79 Å². The molecular weight excluding hydrogens is 350 g/mol. The summed E-state index contributed by atoms with van der Waals surface area (Å²) >= 11 is 0. The Morgan fingerprint density at radius 2 is 2.00 bits per heavy atom. The summed E-state index contributed by atoms with van der Waals surface area (Å²) < 4.78 is 27.3. The average Bonchev–Trinajstić information content (AvgIpc) is 3.42. The predicted molar refractivity (Wildman–Crippen MR) is 96.8 cm³/mol. The maximum absolute atomic E-state index is 12.7. The standard InChI is InChI=1S/C20H27NO6/c1-2-23-20(22)19-14(13-6-7-16-17(10-13)27-12-26-16)11-21-15(19)4-3-5-18-24-8-9-25-18/h6-7,10,14-15,18-19,21H,2-5,8-9,11-12H2,1H3/t14-,15+,19-/m1/s1. The zero-order valence-electron chi connectivity index (χ0n) is 15.6. The van der Waals surface area contributed by atoms with Crippen LogP contribution in [0.25, 0.3) is 0 Å². The lowest BCUT2D eigenvalue weighted by molar-refractivity contribution is -0.148. The van der Waals surface area contributed by atoms with Crippen molar-refractivity contribution < 1.29 is 28.5 Å². The van der Waals surface area contributed by atoms with Crippen LogP contribution in [0.4, 0.5) is 0 Å². The second-order valence-electron chi connectivity index (χ2n) is 7.11. The first-order chi connectivity index (χ1) is 13.3. The van der Waals surface area contributed by atoms with Crippen molar-refractivity contribution in [3.63, 3.8) is 0 Å². The number of carbonyl (C=O) groups is 1. The molecule has 0 spiro atoms. The molecule has 0 unspecified atom stereocenters. The van der Waals surface area contributed by atoms with Gasteiger partial charge in [-0.15, -0.1) is 0 Å². The number of carbonyl (C=O) groups excluding carboxylic acids is 1. The van der Waals surface area contributed by atoms with Gasteiger partial charge in [0, 0.05) is 18.5 Å². The van der Waals surface area contributed by atoms with Crippen LogP contribution in [-0.4, -0.2) is 51.5 Å². The fourth-order valence-corrected chi connectivity index (χ4v) is 4.21. The van der Waals surface area contributed by atoms with Crippen LogP contribution in [0.5, 0.6) is 11.5 Å². The van der Waals surface area contributed by atoms with Crippen molar-refractivity contribution in [2.24, 2.45) is 5.92 Å². The highest BCUT2D eigenvalue weighted by molar-refractivity contribution is 5.75. The quantitative estimate of drug-likeness (QED) is 0.730. The van der Waals surface area contributed by atoms with Gasteiger partial charge in [-0.1, -0.05) is 6.07 Å². The molecule has 0 aliphatic carbocycles. The third-order valence-electron chi connectivity index (χ3n) is 5.50. The Labute approximate surface area is 159 Å². The molecule has 7 heteroatoms. The maximum Gasteiger partial charge on any atom is 0.311 e. The Hall–Kier alpha value is -1.83. The van der Waals surface area contributed by atoms with E-state index in [1.165, 1.54) is 0 Å². The maximum atomic E-state index is 12.7. The Morgan fingerprint density at radius 1 is 1.19 bits per heavy atom. The van der Waals surface area contributed by atoms with Crippen LogP contribution in [0.15, 0.2) is 18.2 Å². The highest BCUT2D eigenvalue weighted by atomic mass is 16.7. The summed E-state index contributed by atoms with van der Waals surface area (Å²) in [5.41, 5.74) is 1.08. The monoisotopic (exact) mass is 377 g/mol. The number of nitrogens with one attached hydrogen (secondary N) is 1. The van der Waals surface area contributed by atoms with Gasteiger partial charge in [-0.05, 0) is 43.9 Å². The molecule has 3 heterocycles. The van der Waals surface area contributed by atoms with E-state index in [9.17, 15) is 4.79 Å². The lowest BCUT2D eigenvalue weighted by Crippen LogP contribution is -2.34. The second kappa shape index (κ2) is 8.46. The first-order valence-corrected chi connectivity index (χ1v) is 9.79. The number of esters is 1. The zero-order chi connectivity index (χ0) is 18.6. The number of hydrogen-bond acceptors (Lipinski definition) is 7. The molecule has 0 bridgehead atoms. The third kappa shape index (κ3) is 4.05. The van der Waals surface area contributed by atoms with Crippen LogP contribution in [0.2, 0.25) is 0 Å². The van der Waals surface area contributed by atoms with Gasteiger partial charge in [0.25, 0.3) is 0 Å². The third-order valence-corrected chi connectivity index (χ3v) is 5.50. The lowest BCUT2D eigenvalue weighted by Gasteiger charge is -2.23. The van der Waals surface area contributed by atoms with E-state index >= 15 is 0 Å². The first-order valence-electron chi connectivity index (χ1n) is 9.79. The topological polar surface area (TPSA) is 75.3 Å². The van der Waals surface area contributed by atoms with Crippen LogP contribution in [0, 0.1) is 5.92 Å². The van der Waals surface area contributed by atoms with E-state index in [2.05, 4.69) is 5.32 Å². The summed E-state index contributed by atoms with van der Waals surface area (Å²) in [7, 11) is 0. The van der Waals surface area contributed by atoms with Crippen LogP contribution in [0.3, 0.4) is 0 Å². The van der Waals surface area contributed by atoms with Crippen molar-refractivity contribution in [3.8, 4) is 11.5 Å². The molecule has 0 amide bonds. The molecule has 7 nitrogen and oxygen atoms in total. The van der Waals surface area contributed by atoms with Crippen LogP contribution < -0.4 is 14.8 Å². The largest absolute Gasteiger partial charge is 0.466 e. The van der Waals surface area contributed by atoms with Gasteiger partial charge < -0.3 is 29.0 Å². The molecule has 3 atom stereocenters. The summed E-state index contributed by atoms with van der Waals surface area (Å²) in [6.07, 6.45) is 2.57. The van der Waals surface area contributed by atoms with Crippen molar-refractivity contribution in [2.75, 3.05) is 33.2 Å². The highest BCUT2D eigenvalue weighted by Crippen LogP contribution is 2.40. The molecular formula is C20H27NO6. The fourth-order valence-electron chi connectivity index (χ4n) is 4.21. The van der Waals surface area contributed by atoms with Gasteiger partial charge in [0.05, 0.1) is 25.7 Å². The van der Waals surface area contributed by atoms with E-state index < -0.39 is 0 Å². The van der Waals surface area contributed by atoms with E-state index in [-0.39, 0.29) is 36.9 Å². The molecule has 0 aromatic heterocycles. The van der Waals surface area contributed by atoms with Crippen LogP contribution in [0.1, 0.15) is 37.7 Å². The molecule has 1 aromatic rings. The number of rotatable bonds is 7. The Balaban J connectivity index is 1.44. The first kappa shape index (κ1) is 18.5. The van der Waals surface area contributed by atoms with E-state index in [1.54, 1.807) is 0 Å². The van der Waals surface area contributed by atoms with Gasteiger partial charge in [0.1, 0.15) is 0 Å². The molecule has 0 saturated carbocycles. The fraction of sp³-hybridized carbons (Fsp3) is 0.650. The number of ether oxygens (including phenoxy) is 5. The van der Waals surface area contributed by atoms with Crippen LogP contribution >= 0.6 is 0 Å². The molecule has 148 valence electrons. The molecule has 0 radical (unpaired) electrons. The number of hydrogen-bond donors (Lipinski definition) is 1. The molecule has 1 N–H and O–H groups in total. The van der Waals surface area contributed by atoms with E-state index in [0.29, 0.717) is 19.8 Å². The average molecular weight is 377 g/mol.